The smallest absolute Gasteiger partial charge is 0.178 e. The van der Waals surface area contributed by atoms with Crippen LogP contribution in [0.25, 0.3) is 11.0 Å². The van der Waals surface area contributed by atoms with Crippen molar-refractivity contribution in [2.45, 2.75) is 39.9 Å². The van der Waals surface area contributed by atoms with E-state index in [1.54, 1.807) is 6.07 Å². The van der Waals surface area contributed by atoms with Crippen LogP contribution >= 0.6 is 12.2 Å². The molecule has 0 spiro atoms. The van der Waals surface area contributed by atoms with Gasteiger partial charge in [0.15, 0.2) is 4.77 Å². The molecule has 0 amide bonds. The second-order valence-electron chi connectivity index (χ2n) is 6.02. The fraction of sp³-hybridized carbons (Fsp3) is 0.438. The molecule has 2 heterocycles. The van der Waals surface area contributed by atoms with Crippen molar-refractivity contribution in [3.63, 3.8) is 0 Å². The summed E-state index contributed by atoms with van der Waals surface area (Å²) >= 11 is 5.40. The zero-order valence-electron chi connectivity index (χ0n) is 12.6. The number of nitrogens with zero attached hydrogens (tertiary/aromatic N) is 2. The Morgan fingerprint density at radius 1 is 1.48 bits per heavy atom. The summed E-state index contributed by atoms with van der Waals surface area (Å²) in [5.74, 6) is -0.151. The van der Waals surface area contributed by atoms with Crippen LogP contribution in [0.5, 0.6) is 0 Å². The molecule has 1 aromatic carbocycles. The Kier molecular flexibility index (Phi) is 3.71. The molecule has 1 atom stereocenters. The van der Waals surface area contributed by atoms with Gasteiger partial charge in [0.25, 0.3) is 0 Å². The summed E-state index contributed by atoms with van der Waals surface area (Å²) in [5.41, 5.74) is 3.87. The molecule has 0 radical (unpaired) electrons. The van der Waals surface area contributed by atoms with Gasteiger partial charge in [-0.2, -0.15) is 0 Å². The molecule has 0 bridgehead atoms. The third kappa shape index (κ3) is 2.56. The summed E-state index contributed by atoms with van der Waals surface area (Å²) in [6, 6.07) is 3.61. The van der Waals surface area contributed by atoms with E-state index < -0.39 is 0 Å². The number of hydrogen-bond donors (Lipinski definition) is 1. The maximum absolute atomic E-state index is 14.3. The van der Waals surface area contributed by atoms with Crippen molar-refractivity contribution in [3.8, 4) is 0 Å². The van der Waals surface area contributed by atoms with Crippen molar-refractivity contribution in [1.29, 1.82) is 0 Å². The molecule has 0 saturated heterocycles. The maximum atomic E-state index is 14.3. The van der Waals surface area contributed by atoms with Gasteiger partial charge in [0, 0.05) is 31.2 Å². The summed E-state index contributed by atoms with van der Waals surface area (Å²) in [6.45, 7) is 8.57. The number of rotatable bonds is 2. The number of benzene rings is 1. The van der Waals surface area contributed by atoms with Gasteiger partial charge in [-0.15, -0.1) is 0 Å². The molecule has 1 N–H and O–H groups in total. The first-order valence-electron chi connectivity index (χ1n) is 7.24. The van der Waals surface area contributed by atoms with Gasteiger partial charge in [-0.25, -0.2) is 4.39 Å². The van der Waals surface area contributed by atoms with Crippen molar-refractivity contribution in [1.82, 2.24) is 14.5 Å². The lowest BCUT2D eigenvalue weighted by Crippen LogP contribution is -2.34. The molecule has 21 heavy (non-hydrogen) atoms. The average molecular weight is 305 g/mol. The predicted molar refractivity (Wildman–Crippen MR) is 86.4 cm³/mol. The lowest BCUT2D eigenvalue weighted by molar-refractivity contribution is 0.208. The van der Waals surface area contributed by atoms with E-state index in [-0.39, 0.29) is 5.82 Å². The van der Waals surface area contributed by atoms with E-state index in [4.69, 9.17) is 12.2 Å². The van der Waals surface area contributed by atoms with Gasteiger partial charge >= 0.3 is 0 Å². The summed E-state index contributed by atoms with van der Waals surface area (Å²) in [4.78, 5) is 5.48. The highest BCUT2D eigenvalue weighted by atomic mass is 32.1. The van der Waals surface area contributed by atoms with E-state index in [2.05, 4.69) is 36.7 Å². The Morgan fingerprint density at radius 3 is 2.95 bits per heavy atom. The zero-order chi connectivity index (χ0) is 15.1. The minimum absolute atomic E-state index is 0.151. The van der Waals surface area contributed by atoms with E-state index >= 15 is 0 Å². The van der Waals surface area contributed by atoms with Crippen molar-refractivity contribution >= 4 is 23.3 Å². The van der Waals surface area contributed by atoms with Gasteiger partial charge < -0.3 is 9.55 Å². The lowest BCUT2D eigenvalue weighted by atomic mass is 10.1. The van der Waals surface area contributed by atoms with Crippen LogP contribution in [0.2, 0.25) is 0 Å². The van der Waals surface area contributed by atoms with Gasteiger partial charge in [-0.1, -0.05) is 11.6 Å². The Labute approximate surface area is 129 Å². The van der Waals surface area contributed by atoms with Crippen molar-refractivity contribution < 1.29 is 4.39 Å². The zero-order valence-corrected chi connectivity index (χ0v) is 13.4. The standard InChI is InChI=1S/C16H20FN3S/c1-10(2)6-7-19-9-12-13(17)4-5-14-15(12)20(8-11(19)3)16(21)18-14/h4-6,11H,7-9H2,1-3H3,(H,18,21)/t11-/m1/s1. The summed E-state index contributed by atoms with van der Waals surface area (Å²) in [5, 5.41) is 0. The molecule has 112 valence electrons. The Morgan fingerprint density at radius 2 is 2.24 bits per heavy atom. The van der Waals surface area contributed by atoms with Gasteiger partial charge in [0.1, 0.15) is 5.82 Å². The van der Waals surface area contributed by atoms with E-state index in [1.807, 2.05) is 4.57 Å². The van der Waals surface area contributed by atoms with Crippen molar-refractivity contribution in [2.24, 2.45) is 0 Å². The van der Waals surface area contributed by atoms with E-state index in [1.165, 1.54) is 11.6 Å². The minimum atomic E-state index is -0.151. The summed E-state index contributed by atoms with van der Waals surface area (Å²) < 4.78 is 17.0. The Balaban J connectivity index is 2.12. The van der Waals surface area contributed by atoms with Crippen LogP contribution < -0.4 is 0 Å². The molecule has 0 aliphatic carbocycles. The Hall–Kier alpha value is -1.46. The van der Waals surface area contributed by atoms with Crippen LogP contribution in [-0.2, 0) is 13.1 Å². The number of aromatic amines is 1. The molecule has 3 nitrogen and oxygen atoms in total. The largest absolute Gasteiger partial charge is 0.331 e. The topological polar surface area (TPSA) is 24.0 Å². The average Bonchev–Trinajstić information content (AvgIpc) is 2.64. The predicted octanol–water partition coefficient (Wildman–Crippen LogP) is 4.01. The van der Waals surface area contributed by atoms with Crippen molar-refractivity contribution in [2.75, 3.05) is 6.54 Å². The van der Waals surface area contributed by atoms with Crippen LogP contribution in [0.1, 0.15) is 26.3 Å². The molecule has 0 saturated carbocycles. The van der Waals surface area contributed by atoms with Crippen LogP contribution in [0.4, 0.5) is 4.39 Å². The van der Waals surface area contributed by atoms with E-state index in [9.17, 15) is 4.39 Å². The van der Waals surface area contributed by atoms with Gasteiger partial charge in [0.2, 0.25) is 0 Å². The number of halogens is 1. The lowest BCUT2D eigenvalue weighted by Gasteiger charge is -2.26. The molecule has 1 aliphatic heterocycles. The first-order chi connectivity index (χ1) is 9.97. The van der Waals surface area contributed by atoms with Gasteiger partial charge in [-0.05, 0) is 45.1 Å². The minimum Gasteiger partial charge on any atom is -0.331 e. The molecule has 5 heteroatoms. The summed E-state index contributed by atoms with van der Waals surface area (Å²) in [6.07, 6.45) is 2.19. The monoisotopic (exact) mass is 305 g/mol. The Bertz CT molecular complexity index is 768. The van der Waals surface area contributed by atoms with E-state index in [0.29, 0.717) is 17.4 Å². The third-order valence-corrected chi connectivity index (χ3v) is 4.47. The molecule has 1 aromatic heterocycles. The highest BCUT2D eigenvalue weighted by Crippen LogP contribution is 2.27. The number of H-pyrrole nitrogens is 1. The molecule has 1 aliphatic rings. The second kappa shape index (κ2) is 5.39. The number of hydrogen-bond acceptors (Lipinski definition) is 2. The quantitative estimate of drug-likeness (QED) is 0.669. The number of nitrogens with one attached hydrogen (secondary N) is 1. The van der Waals surface area contributed by atoms with Gasteiger partial charge in [-0.3, -0.25) is 4.90 Å². The highest BCUT2D eigenvalue weighted by molar-refractivity contribution is 7.71. The molecule has 0 unspecified atom stereocenters. The summed E-state index contributed by atoms with van der Waals surface area (Å²) in [7, 11) is 0. The molecular formula is C16H20FN3S. The molecule has 0 fully saturated rings. The first kappa shape index (κ1) is 14.5. The fourth-order valence-corrected chi connectivity index (χ4v) is 3.19. The molecule has 3 rings (SSSR count). The highest BCUT2D eigenvalue weighted by Gasteiger charge is 2.24. The third-order valence-electron chi connectivity index (χ3n) is 4.15. The number of imidazole rings is 1. The molecule has 2 aromatic rings. The van der Waals surface area contributed by atoms with Gasteiger partial charge in [0.05, 0.1) is 11.0 Å². The first-order valence-corrected chi connectivity index (χ1v) is 7.65. The second-order valence-corrected chi connectivity index (χ2v) is 6.41. The van der Waals surface area contributed by atoms with Crippen LogP contribution in [-0.4, -0.2) is 27.0 Å². The van der Waals surface area contributed by atoms with Crippen LogP contribution in [0, 0.1) is 10.6 Å². The van der Waals surface area contributed by atoms with Crippen LogP contribution in [0.3, 0.4) is 0 Å². The van der Waals surface area contributed by atoms with E-state index in [0.717, 1.165) is 29.7 Å². The SMILES string of the molecule is CC(C)=CCN1Cc2c(F)ccc3[nH]c(=S)n(c23)C[C@H]1C. The fourth-order valence-electron chi connectivity index (χ4n) is 2.91. The molecular weight excluding hydrogens is 285 g/mol. The van der Waals surface area contributed by atoms with Crippen LogP contribution in [0.15, 0.2) is 23.8 Å². The normalized spacial score (nSPS) is 18.8. The van der Waals surface area contributed by atoms with Crippen molar-refractivity contribution in [3.05, 3.63) is 39.9 Å². The number of aromatic nitrogens is 2. The maximum Gasteiger partial charge on any atom is 0.178 e. The number of allylic oxidation sites excluding steroid dienone is 1.